The van der Waals surface area contributed by atoms with E-state index in [0.29, 0.717) is 12.0 Å². The Morgan fingerprint density at radius 2 is 2.11 bits per heavy atom. The van der Waals surface area contributed by atoms with Crippen molar-refractivity contribution in [3.8, 4) is 6.07 Å². The highest BCUT2D eigenvalue weighted by molar-refractivity contribution is 5.91. The molecular formula is C15H20N2O. The van der Waals surface area contributed by atoms with Crippen LogP contribution in [-0.4, -0.2) is 5.91 Å². The van der Waals surface area contributed by atoms with Crippen molar-refractivity contribution in [3.63, 3.8) is 0 Å². The lowest BCUT2D eigenvalue weighted by atomic mass is 10.1. The normalized spacial score (nSPS) is 9.83. The van der Waals surface area contributed by atoms with Gasteiger partial charge in [0.1, 0.15) is 0 Å². The Morgan fingerprint density at radius 3 is 2.78 bits per heavy atom. The van der Waals surface area contributed by atoms with E-state index in [1.165, 1.54) is 12.8 Å². The molecule has 18 heavy (non-hydrogen) atoms. The lowest BCUT2D eigenvalue weighted by molar-refractivity contribution is -0.116. The maximum Gasteiger partial charge on any atom is 0.224 e. The van der Waals surface area contributed by atoms with Gasteiger partial charge in [-0.2, -0.15) is 5.26 Å². The number of benzene rings is 1. The Hall–Kier alpha value is -1.82. The first-order chi connectivity index (χ1) is 8.67. The fourth-order valence-corrected chi connectivity index (χ4v) is 1.75. The molecule has 3 nitrogen and oxygen atoms in total. The summed E-state index contributed by atoms with van der Waals surface area (Å²) in [4.78, 5) is 11.7. The maximum absolute atomic E-state index is 11.7. The van der Waals surface area contributed by atoms with Gasteiger partial charge in [0.2, 0.25) is 5.91 Å². The maximum atomic E-state index is 11.7. The van der Waals surface area contributed by atoms with E-state index in [1.807, 2.05) is 13.0 Å². The van der Waals surface area contributed by atoms with Crippen molar-refractivity contribution in [2.24, 2.45) is 0 Å². The van der Waals surface area contributed by atoms with E-state index in [1.54, 1.807) is 12.1 Å². The van der Waals surface area contributed by atoms with Crippen molar-refractivity contribution in [2.75, 3.05) is 5.32 Å². The van der Waals surface area contributed by atoms with Gasteiger partial charge >= 0.3 is 0 Å². The standard InChI is InChI=1S/C15H20N2O/c1-3-4-5-6-7-15(18)17-14-10-13(11-16)9-8-12(14)2/h8-10H,3-7H2,1-2H3,(H,17,18). The summed E-state index contributed by atoms with van der Waals surface area (Å²) in [5.74, 6) is 0.0318. The predicted molar refractivity (Wildman–Crippen MR) is 73.3 cm³/mol. The van der Waals surface area contributed by atoms with Crippen LogP contribution in [0.4, 0.5) is 5.69 Å². The zero-order valence-electron chi connectivity index (χ0n) is 11.1. The second-order valence-electron chi connectivity index (χ2n) is 4.50. The molecule has 0 fully saturated rings. The molecule has 0 spiro atoms. The van der Waals surface area contributed by atoms with Crippen LogP contribution in [0.2, 0.25) is 0 Å². The molecule has 0 unspecified atom stereocenters. The SMILES string of the molecule is CCCCCCC(=O)Nc1cc(C#N)ccc1C. The molecule has 0 aromatic heterocycles. The molecule has 1 rings (SSSR count). The van der Waals surface area contributed by atoms with Crippen molar-refractivity contribution in [1.82, 2.24) is 0 Å². The fraction of sp³-hybridized carbons (Fsp3) is 0.467. The van der Waals surface area contributed by atoms with E-state index >= 15 is 0 Å². The number of nitriles is 1. The molecule has 0 radical (unpaired) electrons. The number of hydrogen-bond acceptors (Lipinski definition) is 2. The first kappa shape index (κ1) is 14.2. The zero-order valence-corrected chi connectivity index (χ0v) is 11.1. The number of nitrogens with zero attached hydrogens (tertiary/aromatic N) is 1. The Bertz CT molecular complexity index is 446. The second kappa shape index (κ2) is 7.50. The van der Waals surface area contributed by atoms with Crippen molar-refractivity contribution >= 4 is 11.6 Å². The number of nitrogens with one attached hydrogen (secondary N) is 1. The molecule has 1 aromatic rings. The summed E-state index contributed by atoms with van der Waals surface area (Å²) in [6.07, 6.45) is 4.93. The average Bonchev–Trinajstić information content (AvgIpc) is 2.37. The molecule has 0 heterocycles. The van der Waals surface area contributed by atoms with Crippen LogP contribution in [0.3, 0.4) is 0 Å². The van der Waals surface area contributed by atoms with E-state index in [4.69, 9.17) is 5.26 Å². The first-order valence-corrected chi connectivity index (χ1v) is 6.48. The van der Waals surface area contributed by atoms with E-state index in [2.05, 4.69) is 18.3 Å². The summed E-state index contributed by atoms with van der Waals surface area (Å²) in [5, 5.41) is 11.7. The minimum Gasteiger partial charge on any atom is -0.326 e. The van der Waals surface area contributed by atoms with Crippen LogP contribution in [0.25, 0.3) is 0 Å². The lowest BCUT2D eigenvalue weighted by Gasteiger charge is -2.08. The Labute approximate surface area is 109 Å². The number of amides is 1. The number of unbranched alkanes of at least 4 members (excludes halogenated alkanes) is 3. The van der Waals surface area contributed by atoms with Gasteiger partial charge in [-0.15, -0.1) is 0 Å². The lowest BCUT2D eigenvalue weighted by Crippen LogP contribution is -2.12. The number of carbonyl (C=O) groups excluding carboxylic acids is 1. The molecule has 0 bridgehead atoms. The van der Waals surface area contributed by atoms with Gasteiger partial charge in [0, 0.05) is 12.1 Å². The average molecular weight is 244 g/mol. The van der Waals surface area contributed by atoms with Gasteiger partial charge in [-0.05, 0) is 31.0 Å². The smallest absolute Gasteiger partial charge is 0.224 e. The van der Waals surface area contributed by atoms with Crippen LogP contribution >= 0.6 is 0 Å². The highest BCUT2D eigenvalue weighted by Gasteiger charge is 2.05. The molecule has 1 N–H and O–H groups in total. The third kappa shape index (κ3) is 4.58. The summed E-state index contributed by atoms with van der Waals surface area (Å²) >= 11 is 0. The van der Waals surface area contributed by atoms with Gasteiger partial charge in [0.25, 0.3) is 0 Å². The number of anilines is 1. The van der Waals surface area contributed by atoms with Gasteiger partial charge in [0.15, 0.2) is 0 Å². The van der Waals surface area contributed by atoms with Gasteiger partial charge < -0.3 is 5.32 Å². The van der Waals surface area contributed by atoms with Crippen LogP contribution in [0.15, 0.2) is 18.2 Å². The zero-order chi connectivity index (χ0) is 13.4. The minimum atomic E-state index is 0.0318. The number of carbonyl (C=O) groups is 1. The van der Waals surface area contributed by atoms with E-state index in [0.717, 1.165) is 24.1 Å². The molecule has 0 atom stereocenters. The largest absolute Gasteiger partial charge is 0.326 e. The van der Waals surface area contributed by atoms with Crippen LogP contribution in [0.1, 0.15) is 50.2 Å². The predicted octanol–water partition coefficient (Wildman–Crippen LogP) is 3.78. The third-order valence-corrected chi connectivity index (χ3v) is 2.90. The highest BCUT2D eigenvalue weighted by atomic mass is 16.1. The van der Waals surface area contributed by atoms with Crippen molar-refractivity contribution in [3.05, 3.63) is 29.3 Å². The molecule has 0 saturated heterocycles. The monoisotopic (exact) mass is 244 g/mol. The molecule has 1 aromatic carbocycles. The summed E-state index contributed by atoms with van der Waals surface area (Å²) in [5.41, 5.74) is 2.30. The van der Waals surface area contributed by atoms with E-state index < -0.39 is 0 Å². The molecular weight excluding hydrogens is 224 g/mol. The van der Waals surface area contributed by atoms with Crippen LogP contribution in [-0.2, 0) is 4.79 Å². The van der Waals surface area contributed by atoms with Gasteiger partial charge in [-0.25, -0.2) is 0 Å². The first-order valence-electron chi connectivity index (χ1n) is 6.48. The molecule has 1 amide bonds. The highest BCUT2D eigenvalue weighted by Crippen LogP contribution is 2.17. The summed E-state index contributed by atoms with van der Waals surface area (Å²) in [6, 6.07) is 7.41. The number of hydrogen-bond donors (Lipinski definition) is 1. The molecule has 0 saturated carbocycles. The Morgan fingerprint density at radius 1 is 1.33 bits per heavy atom. The molecule has 0 aliphatic carbocycles. The van der Waals surface area contributed by atoms with Gasteiger partial charge in [-0.3, -0.25) is 4.79 Å². The molecule has 96 valence electrons. The molecule has 0 aliphatic rings. The number of aryl methyl sites for hydroxylation is 1. The van der Waals surface area contributed by atoms with Crippen molar-refractivity contribution < 1.29 is 4.79 Å². The van der Waals surface area contributed by atoms with Crippen molar-refractivity contribution in [2.45, 2.75) is 46.0 Å². The molecule has 0 aliphatic heterocycles. The number of rotatable bonds is 6. The summed E-state index contributed by atoms with van der Waals surface area (Å²) in [7, 11) is 0. The second-order valence-corrected chi connectivity index (χ2v) is 4.50. The van der Waals surface area contributed by atoms with Gasteiger partial charge in [0.05, 0.1) is 11.6 Å². The van der Waals surface area contributed by atoms with E-state index in [-0.39, 0.29) is 5.91 Å². The fourth-order valence-electron chi connectivity index (χ4n) is 1.75. The third-order valence-electron chi connectivity index (χ3n) is 2.90. The Kier molecular flexibility index (Phi) is 5.93. The molecule has 3 heteroatoms. The minimum absolute atomic E-state index is 0.0318. The van der Waals surface area contributed by atoms with E-state index in [9.17, 15) is 4.79 Å². The van der Waals surface area contributed by atoms with Crippen LogP contribution in [0, 0.1) is 18.3 Å². The van der Waals surface area contributed by atoms with Gasteiger partial charge in [-0.1, -0.05) is 32.3 Å². The van der Waals surface area contributed by atoms with Crippen LogP contribution in [0.5, 0.6) is 0 Å². The topological polar surface area (TPSA) is 52.9 Å². The quantitative estimate of drug-likeness (QED) is 0.774. The van der Waals surface area contributed by atoms with Crippen molar-refractivity contribution in [1.29, 1.82) is 5.26 Å². The Balaban J connectivity index is 2.51. The van der Waals surface area contributed by atoms with Crippen LogP contribution < -0.4 is 5.32 Å². The summed E-state index contributed by atoms with van der Waals surface area (Å²) < 4.78 is 0. The summed E-state index contributed by atoms with van der Waals surface area (Å²) in [6.45, 7) is 4.07.